The molecule has 1 aliphatic carbocycles. The van der Waals surface area contributed by atoms with Gasteiger partial charge in [-0.15, -0.1) is 11.8 Å². The van der Waals surface area contributed by atoms with Gasteiger partial charge in [0, 0.05) is 36.2 Å². The van der Waals surface area contributed by atoms with E-state index in [1.807, 2.05) is 31.9 Å². The zero-order valence-corrected chi connectivity index (χ0v) is 16.3. The number of nitrogens with zero attached hydrogens (tertiary/aromatic N) is 4. The van der Waals surface area contributed by atoms with Crippen molar-refractivity contribution in [1.29, 1.82) is 0 Å². The Hall–Kier alpha value is -2.28. The Morgan fingerprint density at radius 3 is 3.04 bits per heavy atom. The van der Waals surface area contributed by atoms with Crippen LogP contribution in [0.1, 0.15) is 44.1 Å². The average molecular weight is 372 g/mol. The van der Waals surface area contributed by atoms with E-state index in [4.69, 9.17) is 4.74 Å². The molecule has 26 heavy (non-hydrogen) atoms. The van der Waals surface area contributed by atoms with E-state index in [1.165, 1.54) is 0 Å². The average Bonchev–Trinajstić information content (AvgIpc) is 3.05. The van der Waals surface area contributed by atoms with Crippen molar-refractivity contribution in [2.24, 2.45) is 9.98 Å². The van der Waals surface area contributed by atoms with Crippen molar-refractivity contribution in [2.45, 2.75) is 39.7 Å². The molecule has 0 saturated heterocycles. The Labute approximate surface area is 158 Å². The summed E-state index contributed by atoms with van der Waals surface area (Å²) < 4.78 is 5.86. The molecule has 2 heterocycles. The first-order valence-electron chi connectivity index (χ1n) is 8.80. The molecule has 138 valence electrons. The summed E-state index contributed by atoms with van der Waals surface area (Å²) in [4.78, 5) is 10.8. The molecular formula is C19H25N5OS. The normalized spacial score (nSPS) is 17.6. The van der Waals surface area contributed by atoms with Gasteiger partial charge in [0.05, 0.1) is 17.6 Å². The lowest BCUT2D eigenvalue weighted by molar-refractivity contribution is 0.141. The number of aliphatic imine (C=N–C) groups is 2. The zero-order valence-electron chi connectivity index (χ0n) is 15.5. The van der Waals surface area contributed by atoms with Crippen LogP contribution in [0.2, 0.25) is 0 Å². The Morgan fingerprint density at radius 1 is 1.46 bits per heavy atom. The van der Waals surface area contributed by atoms with E-state index in [0.29, 0.717) is 5.82 Å². The molecule has 0 amide bonds. The summed E-state index contributed by atoms with van der Waals surface area (Å²) in [7, 11) is 0. The van der Waals surface area contributed by atoms with Crippen LogP contribution in [0.5, 0.6) is 0 Å². The van der Waals surface area contributed by atoms with Gasteiger partial charge >= 0.3 is 0 Å². The van der Waals surface area contributed by atoms with E-state index in [9.17, 15) is 0 Å². The Morgan fingerprint density at radius 2 is 2.31 bits per heavy atom. The van der Waals surface area contributed by atoms with Gasteiger partial charge in [-0.1, -0.05) is 6.58 Å². The van der Waals surface area contributed by atoms with Crippen LogP contribution in [0, 0.1) is 0 Å². The van der Waals surface area contributed by atoms with Crippen LogP contribution in [-0.4, -0.2) is 45.5 Å². The fourth-order valence-electron chi connectivity index (χ4n) is 2.83. The molecule has 0 atom stereocenters. The molecule has 0 spiro atoms. The van der Waals surface area contributed by atoms with Crippen LogP contribution < -0.4 is 0 Å². The third kappa shape index (κ3) is 4.46. The maximum absolute atomic E-state index is 5.86. The molecule has 0 unspecified atom stereocenters. The van der Waals surface area contributed by atoms with Crippen LogP contribution in [0.15, 0.2) is 39.8 Å². The second-order valence-corrected chi connectivity index (χ2v) is 7.48. The highest BCUT2D eigenvalue weighted by Gasteiger charge is 2.19. The number of hydrogen-bond acceptors (Lipinski definition) is 5. The van der Waals surface area contributed by atoms with Gasteiger partial charge in [-0.05, 0) is 38.7 Å². The van der Waals surface area contributed by atoms with Gasteiger partial charge in [-0.3, -0.25) is 5.10 Å². The molecule has 6 nitrogen and oxygen atoms in total. The molecule has 0 bridgehead atoms. The number of aromatic amines is 1. The Balaban J connectivity index is 1.73. The van der Waals surface area contributed by atoms with E-state index in [-0.39, 0.29) is 6.10 Å². The second-order valence-electron chi connectivity index (χ2n) is 6.47. The van der Waals surface area contributed by atoms with Crippen LogP contribution in [0.25, 0.3) is 6.08 Å². The summed E-state index contributed by atoms with van der Waals surface area (Å²) in [6.45, 7) is 10.9. The number of thioether (sulfide) groups is 1. The first-order chi connectivity index (χ1) is 12.5. The molecule has 0 fully saturated rings. The van der Waals surface area contributed by atoms with E-state index in [0.717, 1.165) is 53.6 Å². The van der Waals surface area contributed by atoms with Gasteiger partial charge in [0.2, 0.25) is 0 Å². The van der Waals surface area contributed by atoms with Crippen LogP contribution >= 0.6 is 11.8 Å². The third-order valence-electron chi connectivity index (χ3n) is 4.12. The minimum atomic E-state index is 0.174. The number of H-pyrrole nitrogens is 1. The lowest BCUT2D eigenvalue weighted by atomic mass is 10.00. The molecule has 1 aromatic rings. The number of ether oxygens (including phenoxy) is 1. The van der Waals surface area contributed by atoms with Crippen molar-refractivity contribution < 1.29 is 4.74 Å². The van der Waals surface area contributed by atoms with Gasteiger partial charge in [0.25, 0.3) is 0 Å². The van der Waals surface area contributed by atoms with Crippen LogP contribution in [-0.2, 0) is 11.2 Å². The Bertz CT molecular complexity index is 788. The van der Waals surface area contributed by atoms with E-state index in [2.05, 4.69) is 38.2 Å². The molecule has 7 heteroatoms. The molecule has 1 aliphatic heterocycles. The van der Waals surface area contributed by atoms with E-state index < -0.39 is 0 Å². The van der Waals surface area contributed by atoms with Gasteiger partial charge < -0.3 is 9.64 Å². The van der Waals surface area contributed by atoms with Gasteiger partial charge in [-0.25, -0.2) is 9.98 Å². The molecule has 3 rings (SSSR count). The minimum absolute atomic E-state index is 0.174. The molecule has 1 aromatic heterocycles. The third-order valence-corrected chi connectivity index (χ3v) is 4.85. The fraction of sp³-hybridized carbons (Fsp3) is 0.421. The van der Waals surface area contributed by atoms with Crippen LogP contribution in [0.4, 0.5) is 0 Å². The number of fused-ring (bicyclic) bond motifs is 1. The predicted octanol–water partition coefficient (Wildman–Crippen LogP) is 3.95. The lowest BCUT2D eigenvalue weighted by Gasteiger charge is -2.21. The first kappa shape index (κ1) is 18.5. The fourth-order valence-corrected chi connectivity index (χ4v) is 3.50. The largest absolute Gasteiger partial charge is 0.495 e. The van der Waals surface area contributed by atoms with Crippen molar-refractivity contribution >= 4 is 29.9 Å². The Kier molecular flexibility index (Phi) is 5.98. The molecule has 2 aliphatic rings. The first-order valence-corrected chi connectivity index (χ1v) is 9.85. The predicted molar refractivity (Wildman–Crippen MR) is 109 cm³/mol. The SMILES string of the molecule is C=C(N=CN=C(C)c1n[nH]c2c1C=C(OC(C)C)CC2)N1C=CSCC1. The van der Waals surface area contributed by atoms with Crippen molar-refractivity contribution in [2.75, 3.05) is 12.3 Å². The van der Waals surface area contributed by atoms with Gasteiger partial charge in [-0.2, -0.15) is 5.10 Å². The lowest BCUT2D eigenvalue weighted by Crippen LogP contribution is -2.20. The number of rotatable bonds is 6. The number of aromatic nitrogens is 2. The van der Waals surface area contributed by atoms with Crippen molar-refractivity contribution in [3.63, 3.8) is 0 Å². The summed E-state index contributed by atoms with van der Waals surface area (Å²) >= 11 is 1.79. The van der Waals surface area contributed by atoms with E-state index in [1.54, 1.807) is 18.1 Å². The van der Waals surface area contributed by atoms with Crippen LogP contribution in [0.3, 0.4) is 0 Å². The number of aryl methyl sites for hydroxylation is 1. The molecule has 0 aromatic carbocycles. The summed E-state index contributed by atoms with van der Waals surface area (Å²) in [6.07, 6.45) is 7.59. The quantitative estimate of drug-likeness (QED) is 0.607. The number of nitrogens with one attached hydrogen (secondary N) is 1. The highest BCUT2D eigenvalue weighted by molar-refractivity contribution is 8.02. The van der Waals surface area contributed by atoms with Crippen molar-refractivity contribution in [1.82, 2.24) is 15.1 Å². The standard InChI is InChI=1S/C19H25N5OS/c1-13(2)25-16-5-6-18-17(11-16)19(23-22-18)14(3)20-12-21-15(4)24-7-9-26-10-8-24/h7,9,11-13H,4-6,8,10H2,1-3H3,(H,22,23). The maximum Gasteiger partial charge on any atom is 0.127 e. The topological polar surface area (TPSA) is 65.9 Å². The highest BCUT2D eigenvalue weighted by Crippen LogP contribution is 2.26. The summed E-state index contributed by atoms with van der Waals surface area (Å²) in [5, 5.41) is 9.61. The van der Waals surface area contributed by atoms with Crippen molar-refractivity contribution in [3.05, 3.63) is 46.7 Å². The smallest absolute Gasteiger partial charge is 0.127 e. The number of allylic oxidation sites excluding steroid dienone is 1. The number of hydrogen-bond donors (Lipinski definition) is 1. The molecular weight excluding hydrogens is 346 g/mol. The molecule has 1 N–H and O–H groups in total. The monoisotopic (exact) mass is 371 g/mol. The summed E-state index contributed by atoms with van der Waals surface area (Å²) in [5.41, 5.74) is 3.85. The minimum Gasteiger partial charge on any atom is -0.495 e. The van der Waals surface area contributed by atoms with Gasteiger partial charge in [0.15, 0.2) is 0 Å². The summed E-state index contributed by atoms with van der Waals surface area (Å²) in [6, 6.07) is 0. The molecule has 0 radical (unpaired) electrons. The highest BCUT2D eigenvalue weighted by atomic mass is 32.2. The second kappa shape index (κ2) is 8.40. The molecule has 0 saturated carbocycles. The zero-order chi connectivity index (χ0) is 18.5. The maximum atomic E-state index is 5.86. The van der Waals surface area contributed by atoms with E-state index >= 15 is 0 Å². The van der Waals surface area contributed by atoms with Gasteiger partial charge in [0.1, 0.15) is 17.9 Å². The summed E-state index contributed by atoms with van der Waals surface area (Å²) in [5.74, 6) is 2.73. The van der Waals surface area contributed by atoms with Crippen molar-refractivity contribution in [3.8, 4) is 0 Å².